The van der Waals surface area contributed by atoms with E-state index in [-0.39, 0.29) is 6.61 Å². The van der Waals surface area contributed by atoms with Gasteiger partial charge in [-0.05, 0) is 31.7 Å². The molecule has 1 aromatic carbocycles. The average Bonchev–Trinajstić information content (AvgIpc) is 2.42. The predicted molar refractivity (Wildman–Crippen MR) is 84.2 cm³/mol. The molecule has 112 valence electrons. The summed E-state index contributed by atoms with van der Waals surface area (Å²) in [5.41, 5.74) is 1.90. The first-order chi connectivity index (χ1) is 9.60. The maximum absolute atomic E-state index is 9.43. The molecular weight excluding hydrogens is 320 g/mol. The van der Waals surface area contributed by atoms with Crippen LogP contribution in [0.5, 0.6) is 5.75 Å². The summed E-state index contributed by atoms with van der Waals surface area (Å²) in [6.45, 7) is 8.07. The van der Waals surface area contributed by atoms with E-state index < -0.39 is 0 Å². The van der Waals surface area contributed by atoms with Crippen molar-refractivity contribution in [2.45, 2.75) is 13.5 Å². The molecule has 0 bridgehead atoms. The Hall–Kier alpha value is -0.620. The minimum atomic E-state index is 0.00409. The average molecular weight is 343 g/mol. The van der Waals surface area contributed by atoms with Gasteiger partial charge in [-0.2, -0.15) is 0 Å². The van der Waals surface area contributed by atoms with Crippen LogP contribution < -0.4 is 4.74 Å². The fourth-order valence-electron chi connectivity index (χ4n) is 2.47. The van der Waals surface area contributed by atoms with Crippen molar-refractivity contribution in [3.8, 4) is 5.75 Å². The van der Waals surface area contributed by atoms with Crippen LogP contribution in [0, 0.1) is 6.92 Å². The smallest absolute Gasteiger partial charge is 0.127 e. The Morgan fingerprint density at radius 1 is 1.25 bits per heavy atom. The minimum Gasteiger partial charge on any atom is -0.492 e. The maximum Gasteiger partial charge on any atom is 0.127 e. The van der Waals surface area contributed by atoms with E-state index in [2.05, 4.69) is 32.8 Å². The van der Waals surface area contributed by atoms with E-state index in [0.29, 0.717) is 6.61 Å². The molecule has 0 aliphatic carbocycles. The monoisotopic (exact) mass is 342 g/mol. The lowest BCUT2D eigenvalue weighted by molar-refractivity contribution is 0.132. The van der Waals surface area contributed by atoms with Gasteiger partial charge in [-0.3, -0.25) is 4.90 Å². The summed E-state index contributed by atoms with van der Waals surface area (Å²) >= 11 is 3.44. The van der Waals surface area contributed by atoms with Crippen LogP contribution in [0.2, 0.25) is 0 Å². The Bertz CT molecular complexity index is 446. The van der Waals surface area contributed by atoms with E-state index in [1.54, 1.807) is 0 Å². The van der Waals surface area contributed by atoms with E-state index in [0.717, 1.165) is 54.1 Å². The topological polar surface area (TPSA) is 35.9 Å². The van der Waals surface area contributed by atoms with Crippen LogP contribution in [0.4, 0.5) is 0 Å². The highest BCUT2D eigenvalue weighted by atomic mass is 79.9. The number of benzene rings is 1. The number of hydrogen-bond donors (Lipinski definition) is 1. The Labute approximate surface area is 129 Å². The third-order valence-corrected chi connectivity index (χ3v) is 4.19. The van der Waals surface area contributed by atoms with Crippen molar-refractivity contribution in [3.05, 3.63) is 27.7 Å². The van der Waals surface area contributed by atoms with Crippen molar-refractivity contribution in [2.75, 3.05) is 46.4 Å². The molecule has 0 radical (unpaired) electrons. The van der Waals surface area contributed by atoms with Gasteiger partial charge in [0.15, 0.2) is 0 Å². The Balaban J connectivity index is 1.88. The highest BCUT2D eigenvalue weighted by Gasteiger charge is 2.14. The molecule has 2 rings (SSSR count). The number of piperazine rings is 1. The van der Waals surface area contributed by atoms with Gasteiger partial charge in [-0.1, -0.05) is 15.9 Å². The maximum atomic E-state index is 9.43. The van der Waals surface area contributed by atoms with Crippen LogP contribution in [0.1, 0.15) is 11.1 Å². The summed E-state index contributed by atoms with van der Waals surface area (Å²) in [4.78, 5) is 4.77. The molecule has 1 N–H and O–H groups in total. The summed E-state index contributed by atoms with van der Waals surface area (Å²) < 4.78 is 6.88. The summed E-state index contributed by atoms with van der Waals surface area (Å²) in [7, 11) is 2.16. The first kappa shape index (κ1) is 15.8. The van der Waals surface area contributed by atoms with Crippen molar-refractivity contribution in [3.63, 3.8) is 0 Å². The largest absolute Gasteiger partial charge is 0.492 e. The lowest BCUT2D eigenvalue weighted by Crippen LogP contribution is -2.45. The molecule has 0 saturated carbocycles. The van der Waals surface area contributed by atoms with Crippen LogP contribution >= 0.6 is 15.9 Å². The Morgan fingerprint density at radius 2 is 1.95 bits per heavy atom. The molecule has 1 saturated heterocycles. The van der Waals surface area contributed by atoms with Gasteiger partial charge in [0.05, 0.1) is 6.61 Å². The van der Waals surface area contributed by atoms with Crippen molar-refractivity contribution in [1.29, 1.82) is 0 Å². The molecule has 5 heteroatoms. The summed E-state index contributed by atoms with van der Waals surface area (Å²) in [6, 6.07) is 3.93. The van der Waals surface area contributed by atoms with Crippen molar-refractivity contribution in [1.82, 2.24) is 9.80 Å². The Kier molecular flexibility index (Phi) is 5.84. The molecule has 1 aromatic rings. The predicted octanol–water partition coefficient (Wildman–Crippen LogP) is 1.88. The zero-order valence-electron chi connectivity index (χ0n) is 12.2. The molecule has 0 aromatic heterocycles. The van der Waals surface area contributed by atoms with Gasteiger partial charge >= 0.3 is 0 Å². The van der Waals surface area contributed by atoms with Gasteiger partial charge in [0.1, 0.15) is 12.4 Å². The number of ether oxygens (including phenoxy) is 1. The van der Waals surface area contributed by atoms with Gasteiger partial charge in [0.25, 0.3) is 0 Å². The molecule has 0 unspecified atom stereocenters. The summed E-state index contributed by atoms with van der Waals surface area (Å²) in [6.07, 6.45) is 0. The normalized spacial score (nSPS) is 17.4. The second-order valence-electron chi connectivity index (χ2n) is 5.36. The fraction of sp³-hybridized carbons (Fsp3) is 0.600. The number of aryl methyl sites for hydroxylation is 1. The second kappa shape index (κ2) is 7.41. The molecule has 0 amide bonds. The van der Waals surface area contributed by atoms with Crippen molar-refractivity contribution < 1.29 is 9.84 Å². The second-order valence-corrected chi connectivity index (χ2v) is 6.28. The number of nitrogens with zero attached hydrogens (tertiary/aromatic N) is 2. The number of aliphatic hydroxyl groups is 1. The van der Waals surface area contributed by atoms with Crippen molar-refractivity contribution >= 4 is 15.9 Å². The van der Waals surface area contributed by atoms with E-state index in [1.165, 1.54) is 0 Å². The molecule has 1 heterocycles. The number of halogens is 1. The van der Waals surface area contributed by atoms with Gasteiger partial charge in [0.2, 0.25) is 0 Å². The summed E-state index contributed by atoms with van der Waals surface area (Å²) in [5, 5.41) is 9.43. The molecule has 1 aliphatic heterocycles. The molecule has 0 spiro atoms. The number of aliphatic hydroxyl groups excluding tert-OH is 1. The van der Waals surface area contributed by atoms with E-state index in [9.17, 15) is 5.11 Å². The fourth-order valence-corrected chi connectivity index (χ4v) is 3.09. The van der Waals surface area contributed by atoms with Gasteiger partial charge in [-0.25, -0.2) is 0 Å². The van der Waals surface area contributed by atoms with E-state index in [4.69, 9.17) is 4.74 Å². The third kappa shape index (κ3) is 4.19. The van der Waals surface area contributed by atoms with Gasteiger partial charge in [-0.15, -0.1) is 0 Å². The van der Waals surface area contributed by atoms with Crippen LogP contribution in [0.15, 0.2) is 16.6 Å². The Morgan fingerprint density at radius 3 is 2.60 bits per heavy atom. The quantitative estimate of drug-likeness (QED) is 0.886. The first-order valence-electron chi connectivity index (χ1n) is 7.03. The highest BCUT2D eigenvalue weighted by Crippen LogP contribution is 2.28. The number of hydrogen-bond acceptors (Lipinski definition) is 4. The lowest BCUT2D eigenvalue weighted by Gasteiger charge is -2.32. The first-order valence-corrected chi connectivity index (χ1v) is 7.83. The zero-order valence-corrected chi connectivity index (χ0v) is 13.8. The minimum absolute atomic E-state index is 0.00409. The van der Waals surface area contributed by atoms with Crippen LogP contribution in [0.25, 0.3) is 0 Å². The molecule has 20 heavy (non-hydrogen) atoms. The SMILES string of the molecule is Cc1cc(Br)cc(CO)c1OCCN1CCN(C)CC1. The molecule has 1 aliphatic rings. The van der Waals surface area contributed by atoms with Crippen LogP contribution in [0.3, 0.4) is 0 Å². The summed E-state index contributed by atoms with van der Waals surface area (Å²) in [5.74, 6) is 0.824. The van der Waals surface area contributed by atoms with Gasteiger partial charge in [0, 0.05) is 42.8 Å². The molecule has 4 nitrogen and oxygen atoms in total. The number of rotatable bonds is 5. The van der Waals surface area contributed by atoms with Crippen LogP contribution in [-0.2, 0) is 6.61 Å². The highest BCUT2D eigenvalue weighted by molar-refractivity contribution is 9.10. The lowest BCUT2D eigenvalue weighted by atomic mass is 10.1. The van der Waals surface area contributed by atoms with Gasteiger partial charge < -0.3 is 14.7 Å². The molecule has 0 atom stereocenters. The zero-order chi connectivity index (χ0) is 14.5. The van der Waals surface area contributed by atoms with Crippen molar-refractivity contribution in [2.24, 2.45) is 0 Å². The molecule has 1 fully saturated rings. The van der Waals surface area contributed by atoms with E-state index >= 15 is 0 Å². The standard InChI is InChI=1S/C15H23BrN2O2/c1-12-9-14(16)10-13(11-19)15(12)20-8-7-18-5-3-17(2)4-6-18/h9-10,19H,3-8,11H2,1-2H3. The van der Waals surface area contributed by atoms with E-state index in [1.807, 2.05) is 19.1 Å². The van der Waals surface area contributed by atoms with Crippen LogP contribution in [-0.4, -0.2) is 61.3 Å². The molecular formula is C15H23BrN2O2. The third-order valence-electron chi connectivity index (χ3n) is 3.74. The number of likely N-dealkylation sites (N-methyl/N-ethyl adjacent to an activating group) is 1.